The molecular weight excluding hydrogens is 455 g/mol. The lowest BCUT2D eigenvalue weighted by Crippen LogP contribution is -2.36. The molecule has 1 saturated carbocycles. The van der Waals surface area contributed by atoms with Crippen LogP contribution in [0.3, 0.4) is 0 Å². The number of imide groups is 1. The van der Waals surface area contributed by atoms with Gasteiger partial charge in [0, 0.05) is 12.7 Å². The predicted molar refractivity (Wildman–Crippen MR) is 101 cm³/mol. The van der Waals surface area contributed by atoms with E-state index >= 15 is 0 Å². The number of halogens is 3. The molecule has 0 bridgehead atoms. The first-order valence-corrected chi connectivity index (χ1v) is 10.6. The molecule has 2 aliphatic rings. The molecule has 0 unspecified atom stereocenters. The van der Waals surface area contributed by atoms with Gasteiger partial charge in [0.2, 0.25) is 0 Å². The van der Waals surface area contributed by atoms with Crippen LogP contribution in [0.2, 0.25) is 0 Å². The number of alkyl halides is 3. The molecule has 3 amide bonds. The Morgan fingerprint density at radius 1 is 1.12 bits per heavy atom. The Balaban J connectivity index is 1.63. The van der Waals surface area contributed by atoms with Gasteiger partial charge in [-0.15, -0.1) is 0 Å². The van der Waals surface area contributed by atoms with Crippen molar-refractivity contribution in [1.82, 2.24) is 9.88 Å². The van der Waals surface area contributed by atoms with E-state index in [1.54, 1.807) is 0 Å². The fourth-order valence-electron chi connectivity index (χ4n) is 3.54. The Kier molecular flexibility index (Phi) is 4.77. The second-order valence-corrected chi connectivity index (χ2v) is 9.28. The number of urea groups is 1. The van der Waals surface area contributed by atoms with Crippen LogP contribution in [-0.2, 0) is 21.2 Å². The number of anilines is 1. The van der Waals surface area contributed by atoms with Crippen molar-refractivity contribution in [1.29, 1.82) is 0 Å². The SMILES string of the molecule is O=C(O)c1cc(CN2C(=O)N(c3ccc(S(=O)(=O)C(F)(F)F)cc3)C(=O)C23CC3)ccn1. The molecule has 4 rings (SSSR count). The molecule has 2 aromatic rings. The molecule has 2 fully saturated rings. The third-order valence-corrected chi connectivity index (χ3v) is 6.86. The average Bonchev–Trinajstić information content (AvgIpc) is 3.50. The van der Waals surface area contributed by atoms with Crippen LogP contribution in [0.15, 0.2) is 47.5 Å². The van der Waals surface area contributed by atoms with E-state index in [2.05, 4.69) is 4.98 Å². The van der Waals surface area contributed by atoms with Gasteiger partial charge >= 0.3 is 17.5 Å². The molecular formula is C19H14F3N3O6S. The lowest BCUT2D eigenvalue weighted by atomic mass is 10.1. The number of carbonyl (C=O) groups is 3. The number of pyridine rings is 1. The fourth-order valence-corrected chi connectivity index (χ4v) is 4.30. The average molecular weight is 469 g/mol. The maximum Gasteiger partial charge on any atom is 0.501 e. The highest BCUT2D eigenvalue weighted by Gasteiger charge is 2.65. The number of nitrogens with zero attached hydrogens (tertiary/aromatic N) is 3. The summed E-state index contributed by atoms with van der Waals surface area (Å²) in [5.41, 5.74) is -6.49. The molecule has 1 aliphatic carbocycles. The molecule has 32 heavy (non-hydrogen) atoms. The molecule has 1 aliphatic heterocycles. The van der Waals surface area contributed by atoms with Crippen LogP contribution in [-0.4, -0.2) is 52.4 Å². The Labute approximate surface area is 179 Å². The summed E-state index contributed by atoms with van der Waals surface area (Å²) in [7, 11) is -5.57. The second kappa shape index (κ2) is 7.02. The molecule has 2 heterocycles. The van der Waals surface area contributed by atoms with E-state index < -0.39 is 43.7 Å². The van der Waals surface area contributed by atoms with Crippen LogP contribution >= 0.6 is 0 Å². The van der Waals surface area contributed by atoms with Gasteiger partial charge < -0.3 is 10.0 Å². The summed E-state index contributed by atoms with van der Waals surface area (Å²) < 4.78 is 61.3. The van der Waals surface area contributed by atoms with Crippen LogP contribution in [0.5, 0.6) is 0 Å². The van der Waals surface area contributed by atoms with Crippen molar-refractivity contribution in [2.45, 2.75) is 35.3 Å². The molecule has 1 N–H and O–H groups in total. The maximum atomic E-state index is 13.0. The van der Waals surface area contributed by atoms with Crippen molar-refractivity contribution in [3.63, 3.8) is 0 Å². The number of carbonyl (C=O) groups excluding carboxylic acids is 2. The number of benzene rings is 1. The third kappa shape index (κ3) is 3.28. The number of amides is 3. The van der Waals surface area contributed by atoms with Gasteiger partial charge in [-0.3, -0.25) is 4.79 Å². The number of carboxylic acids is 1. The minimum absolute atomic E-state index is 0.0733. The van der Waals surface area contributed by atoms with Crippen molar-refractivity contribution in [3.8, 4) is 0 Å². The van der Waals surface area contributed by atoms with E-state index in [4.69, 9.17) is 5.11 Å². The van der Waals surface area contributed by atoms with Crippen LogP contribution in [0.25, 0.3) is 0 Å². The number of aromatic nitrogens is 1. The van der Waals surface area contributed by atoms with Gasteiger partial charge in [0.1, 0.15) is 11.2 Å². The minimum Gasteiger partial charge on any atom is -0.477 e. The van der Waals surface area contributed by atoms with Gasteiger partial charge in [0.25, 0.3) is 15.7 Å². The fraction of sp³-hybridized carbons (Fsp3) is 0.263. The molecule has 1 saturated heterocycles. The summed E-state index contributed by atoms with van der Waals surface area (Å²) >= 11 is 0. The van der Waals surface area contributed by atoms with E-state index in [0.29, 0.717) is 30.5 Å². The molecule has 0 atom stereocenters. The Hall–Kier alpha value is -3.48. The normalized spacial score (nSPS) is 17.8. The lowest BCUT2D eigenvalue weighted by molar-refractivity contribution is -0.120. The quantitative estimate of drug-likeness (QED) is 0.668. The first-order chi connectivity index (χ1) is 14.9. The smallest absolute Gasteiger partial charge is 0.477 e. The molecule has 13 heteroatoms. The zero-order chi connectivity index (χ0) is 23.5. The van der Waals surface area contributed by atoms with Gasteiger partial charge in [-0.25, -0.2) is 27.9 Å². The Morgan fingerprint density at radius 2 is 1.75 bits per heavy atom. The number of hydrogen-bond acceptors (Lipinski definition) is 6. The molecule has 1 aromatic heterocycles. The van der Waals surface area contributed by atoms with Gasteiger partial charge in [0.15, 0.2) is 0 Å². The molecule has 1 spiro atoms. The summed E-state index contributed by atoms with van der Waals surface area (Å²) in [6.45, 7) is -0.0790. The summed E-state index contributed by atoms with van der Waals surface area (Å²) in [5, 5.41) is 9.08. The highest BCUT2D eigenvalue weighted by molar-refractivity contribution is 7.92. The highest BCUT2D eigenvalue weighted by Crippen LogP contribution is 2.49. The van der Waals surface area contributed by atoms with Crippen molar-refractivity contribution in [2.75, 3.05) is 4.90 Å². The highest BCUT2D eigenvalue weighted by atomic mass is 32.2. The monoisotopic (exact) mass is 469 g/mol. The third-order valence-electron chi connectivity index (χ3n) is 5.36. The van der Waals surface area contributed by atoms with E-state index in [0.717, 1.165) is 17.0 Å². The Morgan fingerprint density at radius 3 is 2.28 bits per heavy atom. The standard InChI is InChI=1S/C19H14F3N3O6S/c20-19(21,22)32(30,31)13-3-1-12(2-4-13)25-16(28)18(6-7-18)24(17(25)29)10-11-5-8-23-14(9-11)15(26)27/h1-5,8-9H,6-7,10H2,(H,26,27). The molecule has 0 radical (unpaired) electrons. The van der Waals surface area contributed by atoms with Crippen molar-refractivity contribution in [3.05, 3.63) is 53.9 Å². The van der Waals surface area contributed by atoms with Crippen LogP contribution in [0.1, 0.15) is 28.9 Å². The predicted octanol–water partition coefficient (Wildman–Crippen LogP) is 2.57. The zero-order valence-corrected chi connectivity index (χ0v) is 16.9. The van der Waals surface area contributed by atoms with Gasteiger partial charge in [-0.1, -0.05) is 0 Å². The second-order valence-electron chi connectivity index (χ2n) is 7.34. The van der Waals surface area contributed by atoms with Gasteiger partial charge in [-0.05, 0) is 54.8 Å². The van der Waals surface area contributed by atoms with Crippen molar-refractivity contribution >= 4 is 33.4 Å². The lowest BCUT2D eigenvalue weighted by Gasteiger charge is -2.21. The van der Waals surface area contributed by atoms with E-state index in [-0.39, 0.29) is 17.9 Å². The van der Waals surface area contributed by atoms with E-state index in [9.17, 15) is 36.0 Å². The summed E-state index contributed by atoms with van der Waals surface area (Å²) in [4.78, 5) is 41.9. The van der Waals surface area contributed by atoms with Crippen LogP contribution < -0.4 is 4.90 Å². The first-order valence-electron chi connectivity index (χ1n) is 9.14. The molecule has 9 nitrogen and oxygen atoms in total. The summed E-state index contributed by atoms with van der Waals surface area (Å²) in [6.07, 6.45) is 2.00. The Bertz CT molecular complexity index is 1240. The molecule has 1 aromatic carbocycles. The number of carboxylic acid groups (broad SMARTS) is 1. The van der Waals surface area contributed by atoms with Crippen molar-refractivity contribution in [2.24, 2.45) is 0 Å². The largest absolute Gasteiger partial charge is 0.501 e. The summed E-state index contributed by atoms with van der Waals surface area (Å²) in [6, 6.07) is 5.32. The van der Waals surface area contributed by atoms with Gasteiger partial charge in [-0.2, -0.15) is 13.2 Å². The van der Waals surface area contributed by atoms with Gasteiger partial charge in [0.05, 0.1) is 10.6 Å². The number of aromatic carboxylic acids is 1. The van der Waals surface area contributed by atoms with Crippen molar-refractivity contribution < 1.29 is 41.1 Å². The maximum absolute atomic E-state index is 13.0. The van der Waals surface area contributed by atoms with Crippen LogP contribution in [0, 0.1) is 0 Å². The zero-order valence-electron chi connectivity index (χ0n) is 16.0. The number of sulfone groups is 1. The minimum atomic E-state index is -5.57. The van der Waals surface area contributed by atoms with E-state index in [1.807, 2.05) is 0 Å². The number of hydrogen-bond donors (Lipinski definition) is 1. The number of rotatable bonds is 5. The first kappa shape index (κ1) is 21.7. The topological polar surface area (TPSA) is 125 Å². The van der Waals surface area contributed by atoms with Crippen LogP contribution in [0.4, 0.5) is 23.7 Å². The molecule has 168 valence electrons. The summed E-state index contributed by atoms with van der Waals surface area (Å²) in [5.74, 6) is -1.84. The van der Waals surface area contributed by atoms with E-state index in [1.165, 1.54) is 23.2 Å².